The number of rotatable bonds is 6. The number of anilines is 2. The predicted molar refractivity (Wildman–Crippen MR) is 114 cm³/mol. The Morgan fingerprint density at radius 2 is 1.67 bits per heavy atom. The molecule has 30 heavy (non-hydrogen) atoms. The topological polar surface area (TPSA) is 86.8 Å². The predicted octanol–water partition coefficient (Wildman–Crippen LogP) is 3.69. The minimum Gasteiger partial charge on any atom is -0.368 e. The molecule has 7 nitrogen and oxygen atoms in total. The van der Waals surface area contributed by atoms with E-state index in [2.05, 4.69) is 4.72 Å². The average molecular weight is 500 g/mol. The molecule has 2 heterocycles. The third kappa shape index (κ3) is 4.72. The first-order chi connectivity index (χ1) is 13.8. The van der Waals surface area contributed by atoms with Crippen LogP contribution in [-0.4, -0.2) is 54.2 Å². The van der Waals surface area contributed by atoms with Crippen LogP contribution in [0.15, 0.2) is 38.8 Å². The first-order valence-corrected chi connectivity index (χ1v) is 12.9. The summed E-state index contributed by atoms with van der Waals surface area (Å²) in [6, 6.07) is 7.00. The Morgan fingerprint density at radius 3 is 2.27 bits per heavy atom. The Morgan fingerprint density at radius 1 is 1.07 bits per heavy atom. The molecule has 0 radical (unpaired) electrons. The number of nitrogens with zero attached hydrogens (tertiary/aromatic N) is 2. The Kier molecular flexibility index (Phi) is 6.36. The van der Waals surface area contributed by atoms with Gasteiger partial charge in [0.25, 0.3) is 26.0 Å². The lowest BCUT2D eigenvalue weighted by Gasteiger charge is -2.35. The molecule has 1 saturated heterocycles. The van der Waals surface area contributed by atoms with Gasteiger partial charge in [0.2, 0.25) is 0 Å². The van der Waals surface area contributed by atoms with Gasteiger partial charge >= 0.3 is 0 Å². The number of thiophene rings is 1. The van der Waals surface area contributed by atoms with Crippen LogP contribution in [0.2, 0.25) is 5.02 Å². The van der Waals surface area contributed by atoms with Gasteiger partial charge < -0.3 is 4.90 Å². The van der Waals surface area contributed by atoms with Gasteiger partial charge in [0.05, 0.1) is 16.4 Å². The van der Waals surface area contributed by atoms with Crippen LogP contribution in [0.5, 0.6) is 0 Å². The van der Waals surface area contributed by atoms with Crippen molar-refractivity contribution < 1.29 is 25.6 Å². The highest BCUT2D eigenvalue weighted by Gasteiger charge is 2.35. The minimum absolute atomic E-state index is 0.0235. The van der Waals surface area contributed by atoms with E-state index in [4.69, 9.17) is 11.6 Å². The van der Waals surface area contributed by atoms with Crippen LogP contribution >= 0.6 is 22.9 Å². The van der Waals surface area contributed by atoms with Gasteiger partial charge in [-0.3, -0.25) is 4.72 Å². The molecule has 1 aliphatic rings. The van der Waals surface area contributed by atoms with Gasteiger partial charge in [-0.1, -0.05) is 17.7 Å². The summed E-state index contributed by atoms with van der Waals surface area (Å²) in [5, 5.41) is 0.225. The molecule has 1 aromatic carbocycles. The Bertz CT molecular complexity index is 1140. The van der Waals surface area contributed by atoms with Crippen molar-refractivity contribution in [3.05, 3.63) is 35.4 Å². The average Bonchev–Trinajstić information content (AvgIpc) is 3.14. The van der Waals surface area contributed by atoms with Crippen LogP contribution in [0.25, 0.3) is 0 Å². The molecule has 0 atom stereocenters. The van der Waals surface area contributed by atoms with Crippen LogP contribution in [0, 0.1) is 0 Å². The SMILES string of the molecule is CN(C)S(=O)(=O)c1ccc(S(=O)(=O)Nc2cccc(Cl)c2N2CCC(F)(F)CC2)s1. The number of hydrogen-bond acceptors (Lipinski definition) is 6. The van der Waals surface area contributed by atoms with Crippen LogP contribution in [0.3, 0.4) is 0 Å². The molecule has 13 heteroatoms. The summed E-state index contributed by atoms with van der Waals surface area (Å²) in [7, 11) is -5.20. The fourth-order valence-electron chi connectivity index (χ4n) is 2.94. The van der Waals surface area contributed by atoms with E-state index in [9.17, 15) is 25.6 Å². The van der Waals surface area contributed by atoms with Gasteiger partial charge in [0, 0.05) is 40.0 Å². The number of sulfonamides is 2. The molecule has 1 aromatic heterocycles. The van der Waals surface area contributed by atoms with Gasteiger partial charge in [0.1, 0.15) is 8.42 Å². The van der Waals surface area contributed by atoms with Crippen molar-refractivity contribution in [1.29, 1.82) is 0 Å². The van der Waals surface area contributed by atoms with Crippen molar-refractivity contribution >= 4 is 54.4 Å². The highest BCUT2D eigenvalue weighted by atomic mass is 35.5. The second-order valence-corrected chi connectivity index (χ2v) is 12.7. The third-order valence-electron chi connectivity index (χ3n) is 4.60. The Labute approximate surface area is 183 Å². The number of nitrogens with one attached hydrogen (secondary N) is 1. The normalized spacial score (nSPS) is 17.3. The van der Waals surface area contributed by atoms with Gasteiger partial charge in [-0.15, -0.1) is 11.3 Å². The molecule has 0 bridgehead atoms. The van der Waals surface area contributed by atoms with E-state index < -0.39 is 26.0 Å². The van der Waals surface area contributed by atoms with Crippen molar-refractivity contribution in [1.82, 2.24) is 4.31 Å². The van der Waals surface area contributed by atoms with E-state index in [1.54, 1.807) is 17.0 Å². The molecule has 1 N–H and O–H groups in total. The highest BCUT2D eigenvalue weighted by Crippen LogP contribution is 2.39. The number of alkyl halides is 2. The zero-order chi connectivity index (χ0) is 22.3. The first kappa shape index (κ1) is 23.2. The third-order valence-corrected chi connectivity index (χ3v) is 10.1. The zero-order valence-electron chi connectivity index (χ0n) is 16.1. The largest absolute Gasteiger partial charge is 0.368 e. The standard InChI is InChI=1S/C17H20ClF2N3O4S3/c1-22(2)30(26,27)15-7-6-14(28-15)29(24,25)21-13-5-3-4-12(18)16(13)23-10-8-17(19,20)9-11-23/h3-7,21H,8-11H2,1-2H3. The summed E-state index contributed by atoms with van der Waals surface area (Å²) in [4.78, 5) is 1.62. The minimum atomic E-state index is -4.13. The van der Waals surface area contributed by atoms with E-state index in [0.29, 0.717) is 17.0 Å². The molecule has 2 aromatic rings. The van der Waals surface area contributed by atoms with E-state index in [-0.39, 0.29) is 45.1 Å². The lowest BCUT2D eigenvalue weighted by atomic mass is 10.1. The van der Waals surface area contributed by atoms with Gasteiger partial charge in [-0.25, -0.2) is 29.9 Å². The van der Waals surface area contributed by atoms with Gasteiger partial charge in [0.15, 0.2) is 0 Å². The number of piperidine rings is 1. The fourth-order valence-corrected chi connectivity index (χ4v) is 7.23. The Hall–Kier alpha value is -1.47. The Balaban J connectivity index is 1.92. The maximum Gasteiger partial charge on any atom is 0.271 e. The number of hydrogen-bond donors (Lipinski definition) is 1. The van der Waals surface area contributed by atoms with E-state index in [0.717, 1.165) is 4.31 Å². The summed E-state index contributed by atoms with van der Waals surface area (Å²) >= 11 is 6.88. The number of halogens is 3. The monoisotopic (exact) mass is 499 g/mol. The zero-order valence-corrected chi connectivity index (χ0v) is 19.3. The van der Waals surface area contributed by atoms with Crippen molar-refractivity contribution in [2.45, 2.75) is 27.2 Å². The lowest BCUT2D eigenvalue weighted by Crippen LogP contribution is -2.39. The molecule has 0 saturated carbocycles. The van der Waals surface area contributed by atoms with Crippen molar-refractivity contribution in [3.8, 4) is 0 Å². The number of para-hydroxylation sites is 1. The fraction of sp³-hybridized carbons (Fsp3) is 0.412. The molecule has 0 aliphatic carbocycles. The molecule has 1 fully saturated rings. The molecular formula is C17H20ClF2N3O4S3. The van der Waals surface area contributed by atoms with E-state index in [1.807, 2.05) is 0 Å². The van der Waals surface area contributed by atoms with Crippen LogP contribution in [-0.2, 0) is 20.0 Å². The van der Waals surface area contributed by atoms with Crippen LogP contribution in [0.4, 0.5) is 20.2 Å². The maximum absolute atomic E-state index is 13.5. The molecule has 3 rings (SSSR count). The van der Waals surface area contributed by atoms with Gasteiger partial charge in [-0.05, 0) is 24.3 Å². The van der Waals surface area contributed by atoms with Crippen LogP contribution in [0.1, 0.15) is 12.8 Å². The lowest BCUT2D eigenvalue weighted by molar-refractivity contribution is -0.0220. The molecule has 1 aliphatic heterocycles. The molecule has 0 unspecified atom stereocenters. The second-order valence-electron chi connectivity index (χ2n) is 6.95. The summed E-state index contributed by atoms with van der Waals surface area (Å²) in [6.07, 6.45) is -0.720. The molecule has 166 valence electrons. The smallest absolute Gasteiger partial charge is 0.271 e. The van der Waals surface area contributed by atoms with E-state index >= 15 is 0 Å². The molecule has 0 spiro atoms. The van der Waals surface area contributed by atoms with Crippen molar-refractivity contribution in [3.63, 3.8) is 0 Å². The quantitative estimate of drug-likeness (QED) is 0.655. The summed E-state index contributed by atoms with van der Waals surface area (Å²) in [5.74, 6) is -2.76. The summed E-state index contributed by atoms with van der Waals surface area (Å²) in [5.41, 5.74) is 0.453. The van der Waals surface area contributed by atoms with Crippen molar-refractivity contribution in [2.24, 2.45) is 0 Å². The summed E-state index contributed by atoms with van der Waals surface area (Å²) < 4.78 is 80.3. The summed E-state index contributed by atoms with van der Waals surface area (Å²) in [6.45, 7) is 0.0470. The van der Waals surface area contributed by atoms with E-state index in [1.165, 1.54) is 32.3 Å². The van der Waals surface area contributed by atoms with Gasteiger partial charge in [-0.2, -0.15) is 0 Å². The highest BCUT2D eigenvalue weighted by molar-refractivity contribution is 7.96. The van der Waals surface area contributed by atoms with Crippen molar-refractivity contribution in [2.75, 3.05) is 36.8 Å². The number of benzene rings is 1. The molecular weight excluding hydrogens is 480 g/mol. The van der Waals surface area contributed by atoms with Crippen LogP contribution < -0.4 is 9.62 Å². The molecule has 0 amide bonds. The maximum atomic E-state index is 13.5. The first-order valence-electron chi connectivity index (χ1n) is 8.80. The second kappa shape index (κ2) is 8.23.